The maximum absolute atomic E-state index is 9.68. The molecule has 1 fully saturated rings. The Balaban J connectivity index is 2.08. The highest BCUT2D eigenvalue weighted by molar-refractivity contribution is 5.80. The molecule has 1 saturated heterocycles. The molecular weight excluding hydrogens is 292 g/mol. The maximum Gasteiger partial charge on any atom is 0.193 e. The predicted octanol–water partition coefficient (Wildman–Crippen LogP) is 0.445. The van der Waals surface area contributed by atoms with Gasteiger partial charge in [-0.1, -0.05) is 0 Å². The number of piperidine rings is 1. The second-order valence-corrected chi connectivity index (χ2v) is 6.34. The second-order valence-electron chi connectivity index (χ2n) is 6.34. The number of nitrogens with one attached hydrogen (secondary N) is 1. The lowest BCUT2D eigenvalue weighted by Gasteiger charge is -2.33. The number of hydrogen-bond donors (Lipinski definition) is 2. The van der Waals surface area contributed by atoms with Crippen LogP contribution in [-0.2, 0) is 7.05 Å². The van der Waals surface area contributed by atoms with E-state index in [-0.39, 0.29) is 12.1 Å². The van der Waals surface area contributed by atoms with Crippen LogP contribution in [0.5, 0.6) is 0 Å². The van der Waals surface area contributed by atoms with Crippen LogP contribution in [0, 0.1) is 0 Å². The molecule has 1 atom stereocenters. The van der Waals surface area contributed by atoms with Crippen molar-refractivity contribution in [3.05, 3.63) is 18.0 Å². The fraction of sp³-hybridized carbons (Fsp3) is 0.750. The Labute approximate surface area is 139 Å². The lowest BCUT2D eigenvalue weighted by Crippen LogP contribution is -2.46. The van der Waals surface area contributed by atoms with Gasteiger partial charge in [0.25, 0.3) is 0 Å². The van der Waals surface area contributed by atoms with Crippen LogP contribution in [0.25, 0.3) is 0 Å². The van der Waals surface area contributed by atoms with Gasteiger partial charge in [-0.3, -0.25) is 9.67 Å². The molecule has 2 heterocycles. The fourth-order valence-electron chi connectivity index (χ4n) is 2.86. The Bertz CT molecular complexity index is 504. The molecule has 2 N–H and O–H groups in total. The zero-order valence-corrected chi connectivity index (χ0v) is 14.7. The fourth-order valence-corrected chi connectivity index (χ4v) is 2.86. The largest absolute Gasteiger partial charge is 0.393 e. The Morgan fingerprint density at radius 2 is 2.17 bits per heavy atom. The number of rotatable bonds is 5. The second kappa shape index (κ2) is 8.31. The summed E-state index contributed by atoms with van der Waals surface area (Å²) in [6.45, 7) is 5.31. The molecule has 0 bridgehead atoms. The van der Waals surface area contributed by atoms with Gasteiger partial charge in [0, 0.05) is 38.4 Å². The lowest BCUT2D eigenvalue weighted by molar-refractivity contribution is 0.108. The Hall–Kier alpha value is -1.60. The number of likely N-dealkylation sites (N-methyl/N-ethyl adjacent to an activating group) is 1. The number of hydrogen-bond acceptors (Lipinski definition) is 4. The molecule has 0 aliphatic carbocycles. The summed E-state index contributed by atoms with van der Waals surface area (Å²) in [5, 5.41) is 17.3. The third-order valence-electron chi connectivity index (χ3n) is 4.25. The standard InChI is InChI=1S/C16H30N6O/c1-5-17-16(22-8-6-14(23)7-9-22)18-11-15(20(2)3)13-10-19-21(4)12-13/h10,12,14-15,23H,5-9,11H2,1-4H3,(H,17,18). The average Bonchev–Trinajstić information content (AvgIpc) is 2.93. The van der Waals surface area contributed by atoms with Gasteiger partial charge in [0.15, 0.2) is 5.96 Å². The van der Waals surface area contributed by atoms with Gasteiger partial charge in [0.1, 0.15) is 0 Å². The Morgan fingerprint density at radius 3 is 2.70 bits per heavy atom. The topological polar surface area (TPSA) is 68.9 Å². The molecule has 0 saturated carbocycles. The molecule has 23 heavy (non-hydrogen) atoms. The summed E-state index contributed by atoms with van der Waals surface area (Å²) in [5.41, 5.74) is 1.17. The summed E-state index contributed by atoms with van der Waals surface area (Å²) >= 11 is 0. The number of aliphatic hydroxyl groups is 1. The number of aromatic nitrogens is 2. The van der Waals surface area contributed by atoms with Crippen molar-refractivity contribution in [3.8, 4) is 0 Å². The summed E-state index contributed by atoms with van der Waals surface area (Å²) in [6, 6.07) is 0.202. The molecule has 1 aromatic heterocycles. The van der Waals surface area contributed by atoms with Gasteiger partial charge in [0.2, 0.25) is 0 Å². The molecule has 2 rings (SSSR count). The number of likely N-dealkylation sites (tertiary alicyclic amines) is 1. The summed E-state index contributed by atoms with van der Waals surface area (Å²) in [5.74, 6) is 0.940. The van der Waals surface area contributed by atoms with Gasteiger partial charge in [0.05, 0.1) is 24.9 Å². The highest BCUT2D eigenvalue weighted by Crippen LogP contribution is 2.18. The quantitative estimate of drug-likeness (QED) is 0.608. The molecule has 0 aromatic carbocycles. The zero-order chi connectivity index (χ0) is 16.8. The third kappa shape index (κ3) is 4.94. The highest BCUT2D eigenvalue weighted by atomic mass is 16.3. The number of aliphatic imine (C=N–C) groups is 1. The van der Waals surface area contributed by atoms with E-state index in [0.29, 0.717) is 6.54 Å². The van der Waals surface area contributed by atoms with Crippen LogP contribution in [0.1, 0.15) is 31.4 Å². The Kier molecular flexibility index (Phi) is 6.41. The number of nitrogens with zero attached hydrogens (tertiary/aromatic N) is 5. The predicted molar refractivity (Wildman–Crippen MR) is 92.4 cm³/mol. The van der Waals surface area contributed by atoms with Gasteiger partial charge < -0.3 is 20.2 Å². The first kappa shape index (κ1) is 17.7. The van der Waals surface area contributed by atoms with E-state index >= 15 is 0 Å². The number of aryl methyl sites for hydroxylation is 1. The summed E-state index contributed by atoms with van der Waals surface area (Å²) in [6.07, 6.45) is 5.40. The van der Waals surface area contributed by atoms with Crippen molar-refractivity contribution < 1.29 is 5.11 Å². The molecule has 1 aliphatic heterocycles. The smallest absolute Gasteiger partial charge is 0.193 e. The molecule has 7 nitrogen and oxygen atoms in total. The van der Waals surface area contributed by atoms with Gasteiger partial charge >= 0.3 is 0 Å². The summed E-state index contributed by atoms with van der Waals surface area (Å²) in [7, 11) is 6.07. The van der Waals surface area contributed by atoms with Crippen molar-refractivity contribution in [2.75, 3.05) is 40.3 Å². The van der Waals surface area contributed by atoms with Crippen LogP contribution >= 0.6 is 0 Å². The van der Waals surface area contributed by atoms with Crippen molar-refractivity contribution in [1.29, 1.82) is 0 Å². The van der Waals surface area contributed by atoms with Crippen LogP contribution in [-0.4, -0.2) is 77.0 Å². The molecule has 0 radical (unpaired) electrons. The van der Waals surface area contributed by atoms with Crippen LogP contribution in [0.3, 0.4) is 0 Å². The summed E-state index contributed by atoms with van der Waals surface area (Å²) in [4.78, 5) is 9.25. The minimum absolute atomic E-state index is 0.168. The van der Waals surface area contributed by atoms with Crippen LogP contribution in [0.2, 0.25) is 0 Å². The van der Waals surface area contributed by atoms with E-state index in [0.717, 1.165) is 38.4 Å². The highest BCUT2D eigenvalue weighted by Gasteiger charge is 2.21. The summed E-state index contributed by atoms with van der Waals surface area (Å²) < 4.78 is 1.83. The molecule has 7 heteroatoms. The van der Waals surface area contributed by atoms with Gasteiger partial charge in [-0.15, -0.1) is 0 Å². The first-order valence-electron chi connectivity index (χ1n) is 8.37. The monoisotopic (exact) mass is 322 g/mol. The molecule has 0 spiro atoms. The van der Waals surface area contributed by atoms with E-state index in [1.165, 1.54) is 5.56 Å². The lowest BCUT2D eigenvalue weighted by atomic mass is 10.1. The van der Waals surface area contributed by atoms with E-state index in [9.17, 15) is 5.11 Å². The molecule has 1 aliphatic rings. The van der Waals surface area contributed by atoms with E-state index in [1.807, 2.05) is 24.1 Å². The van der Waals surface area contributed by atoms with Crippen molar-refractivity contribution >= 4 is 5.96 Å². The van der Waals surface area contributed by atoms with E-state index < -0.39 is 0 Å². The van der Waals surface area contributed by atoms with Crippen LogP contribution < -0.4 is 5.32 Å². The third-order valence-corrected chi connectivity index (χ3v) is 4.25. The van der Waals surface area contributed by atoms with Crippen LogP contribution in [0.4, 0.5) is 0 Å². The van der Waals surface area contributed by atoms with Crippen molar-refractivity contribution in [2.24, 2.45) is 12.0 Å². The van der Waals surface area contributed by atoms with Gasteiger partial charge in [-0.2, -0.15) is 5.10 Å². The molecule has 0 amide bonds. The average molecular weight is 322 g/mol. The first-order valence-corrected chi connectivity index (χ1v) is 8.37. The van der Waals surface area contributed by atoms with Gasteiger partial charge in [-0.25, -0.2) is 0 Å². The van der Waals surface area contributed by atoms with E-state index in [4.69, 9.17) is 4.99 Å². The molecule has 1 unspecified atom stereocenters. The maximum atomic E-state index is 9.68. The number of guanidine groups is 1. The minimum Gasteiger partial charge on any atom is -0.393 e. The van der Waals surface area contributed by atoms with Crippen molar-refractivity contribution in [2.45, 2.75) is 31.9 Å². The zero-order valence-electron chi connectivity index (χ0n) is 14.7. The van der Waals surface area contributed by atoms with Crippen molar-refractivity contribution in [1.82, 2.24) is 24.9 Å². The van der Waals surface area contributed by atoms with E-state index in [2.05, 4.69) is 41.2 Å². The van der Waals surface area contributed by atoms with E-state index in [1.54, 1.807) is 0 Å². The first-order chi connectivity index (χ1) is 11.0. The molecule has 1 aromatic rings. The Morgan fingerprint density at radius 1 is 1.48 bits per heavy atom. The molecule has 130 valence electrons. The van der Waals surface area contributed by atoms with Gasteiger partial charge in [-0.05, 0) is 33.9 Å². The van der Waals surface area contributed by atoms with Crippen molar-refractivity contribution in [3.63, 3.8) is 0 Å². The normalized spacial score (nSPS) is 18.5. The SMILES string of the molecule is CCNC(=NCC(c1cnn(C)c1)N(C)C)N1CCC(O)CC1. The minimum atomic E-state index is -0.168. The number of aliphatic hydroxyl groups excluding tert-OH is 1. The van der Waals surface area contributed by atoms with Crippen LogP contribution in [0.15, 0.2) is 17.4 Å². The molecular formula is C16H30N6O.